The van der Waals surface area contributed by atoms with Crippen LogP contribution in [-0.2, 0) is 21.1 Å². The lowest BCUT2D eigenvalue weighted by Gasteiger charge is -2.23. The number of benzene rings is 1. The molecule has 1 saturated heterocycles. The summed E-state index contributed by atoms with van der Waals surface area (Å²) in [5.74, 6) is 0.0899. The first-order chi connectivity index (χ1) is 12.6. The molecule has 2 heterocycles. The molecule has 1 aliphatic rings. The molecule has 1 aromatic carbocycles. The number of likely N-dealkylation sites (N-methyl/N-ethyl adjacent to an activating group) is 1. The summed E-state index contributed by atoms with van der Waals surface area (Å²) in [4.78, 5) is 26.4. The highest BCUT2D eigenvalue weighted by Crippen LogP contribution is 2.31. The van der Waals surface area contributed by atoms with Gasteiger partial charge in [0.25, 0.3) is 0 Å². The van der Waals surface area contributed by atoms with E-state index in [0.29, 0.717) is 33.7 Å². The van der Waals surface area contributed by atoms with Crippen LogP contribution in [0.4, 0.5) is 0 Å². The van der Waals surface area contributed by atoms with Crippen LogP contribution in [-0.4, -0.2) is 50.9 Å². The normalized spacial score (nSPS) is 18.6. The van der Waals surface area contributed by atoms with Gasteiger partial charge in [-0.25, -0.2) is 13.2 Å². The number of halogens is 1. The number of nitrogens with zero attached hydrogens (tertiary/aromatic N) is 1. The topological polar surface area (TPSA) is 93.9 Å². The average molecular weight is 414 g/mol. The van der Waals surface area contributed by atoms with Gasteiger partial charge in [-0.2, -0.15) is 0 Å². The summed E-state index contributed by atoms with van der Waals surface area (Å²) in [7, 11) is -0.0786. The summed E-state index contributed by atoms with van der Waals surface area (Å²) in [5.41, 5.74) is 0.559. The summed E-state index contributed by atoms with van der Waals surface area (Å²) < 4.78 is 33.8. The van der Waals surface area contributed by atoms with Crippen molar-refractivity contribution >= 4 is 38.3 Å². The van der Waals surface area contributed by atoms with Crippen LogP contribution in [0.15, 0.2) is 21.3 Å². The third-order valence-corrected chi connectivity index (χ3v) is 7.08. The SMILES string of the molecule is COc1cc2oc(=O)c(CC(=O)N(C)[C@@H]3CCS(=O)(=O)C3)c(C)c2cc1Cl. The van der Waals surface area contributed by atoms with E-state index < -0.39 is 15.5 Å². The number of ether oxygens (including phenoxy) is 1. The van der Waals surface area contributed by atoms with E-state index in [2.05, 4.69) is 0 Å². The zero-order chi connectivity index (χ0) is 19.9. The van der Waals surface area contributed by atoms with Gasteiger partial charge in [0.05, 0.1) is 35.6 Å². The van der Waals surface area contributed by atoms with Crippen LogP contribution in [0.2, 0.25) is 5.02 Å². The minimum atomic E-state index is -3.10. The molecule has 0 radical (unpaired) electrons. The lowest BCUT2D eigenvalue weighted by atomic mass is 10.0. The molecule has 1 amide bonds. The van der Waals surface area contributed by atoms with Crippen molar-refractivity contribution in [2.24, 2.45) is 0 Å². The van der Waals surface area contributed by atoms with Crippen molar-refractivity contribution < 1.29 is 22.4 Å². The second kappa shape index (κ2) is 7.16. The Balaban J connectivity index is 1.92. The molecule has 1 aromatic heterocycles. The van der Waals surface area contributed by atoms with Gasteiger partial charge in [0.15, 0.2) is 9.84 Å². The molecule has 0 N–H and O–H groups in total. The molecule has 1 aliphatic heterocycles. The first kappa shape index (κ1) is 19.7. The second-order valence-electron chi connectivity index (χ2n) is 6.71. The molecule has 1 atom stereocenters. The average Bonchev–Trinajstić information content (AvgIpc) is 2.98. The fourth-order valence-corrected chi connectivity index (χ4v) is 5.33. The molecule has 0 unspecified atom stereocenters. The number of aryl methyl sites for hydroxylation is 1. The predicted octanol–water partition coefficient (Wildman–Crippen LogP) is 1.95. The van der Waals surface area contributed by atoms with E-state index in [1.54, 1.807) is 20.0 Å². The Morgan fingerprint density at radius 1 is 1.41 bits per heavy atom. The molecule has 7 nitrogen and oxygen atoms in total. The van der Waals surface area contributed by atoms with E-state index >= 15 is 0 Å². The largest absolute Gasteiger partial charge is 0.495 e. The quantitative estimate of drug-likeness (QED) is 0.711. The molecular weight excluding hydrogens is 394 g/mol. The van der Waals surface area contributed by atoms with Crippen LogP contribution in [0.25, 0.3) is 11.0 Å². The lowest BCUT2D eigenvalue weighted by molar-refractivity contribution is -0.130. The third-order valence-electron chi connectivity index (χ3n) is 5.04. The number of fused-ring (bicyclic) bond motifs is 1. The Hall–Kier alpha value is -2.06. The highest BCUT2D eigenvalue weighted by atomic mass is 35.5. The standard InChI is InChI=1S/C18H20ClNO6S/c1-10-12-6-14(19)16(25-3)8-15(12)26-18(22)13(10)7-17(21)20(2)11-4-5-27(23,24)9-11/h6,8,11H,4-5,7,9H2,1-3H3/t11-/m1/s1. The summed E-state index contributed by atoms with van der Waals surface area (Å²) in [6.45, 7) is 1.73. The Kier molecular flexibility index (Phi) is 5.22. The van der Waals surface area contributed by atoms with Crippen LogP contribution in [0.3, 0.4) is 0 Å². The number of carbonyl (C=O) groups excluding carboxylic acids is 1. The van der Waals surface area contributed by atoms with Gasteiger partial charge < -0.3 is 14.1 Å². The summed E-state index contributed by atoms with van der Waals surface area (Å²) in [6, 6.07) is 2.80. The van der Waals surface area contributed by atoms with Crippen LogP contribution in [0.5, 0.6) is 5.75 Å². The van der Waals surface area contributed by atoms with Gasteiger partial charge >= 0.3 is 5.63 Å². The second-order valence-corrected chi connectivity index (χ2v) is 9.35. The zero-order valence-electron chi connectivity index (χ0n) is 15.2. The Morgan fingerprint density at radius 2 is 2.11 bits per heavy atom. The number of hydrogen-bond donors (Lipinski definition) is 0. The first-order valence-electron chi connectivity index (χ1n) is 8.39. The molecule has 0 spiro atoms. The van der Waals surface area contributed by atoms with Crippen molar-refractivity contribution in [2.45, 2.75) is 25.8 Å². The van der Waals surface area contributed by atoms with Crippen molar-refractivity contribution in [3.8, 4) is 5.75 Å². The fraction of sp³-hybridized carbons (Fsp3) is 0.444. The van der Waals surface area contributed by atoms with Gasteiger partial charge in [0, 0.05) is 24.5 Å². The van der Waals surface area contributed by atoms with E-state index in [0.717, 1.165) is 0 Å². The van der Waals surface area contributed by atoms with Crippen LogP contribution < -0.4 is 10.4 Å². The maximum atomic E-state index is 12.6. The molecule has 1 fully saturated rings. The fourth-order valence-electron chi connectivity index (χ4n) is 3.31. The minimum Gasteiger partial charge on any atom is -0.495 e. The summed E-state index contributed by atoms with van der Waals surface area (Å²) in [5, 5.41) is 0.988. The van der Waals surface area contributed by atoms with Crippen molar-refractivity contribution in [1.29, 1.82) is 0 Å². The van der Waals surface area contributed by atoms with Crippen LogP contribution in [0, 0.1) is 6.92 Å². The molecule has 27 heavy (non-hydrogen) atoms. The maximum absolute atomic E-state index is 12.6. The highest BCUT2D eigenvalue weighted by Gasteiger charge is 2.33. The minimum absolute atomic E-state index is 0.0457. The molecule has 0 aliphatic carbocycles. The number of amides is 1. The predicted molar refractivity (Wildman–Crippen MR) is 102 cm³/mol. The molecule has 3 rings (SSSR count). The van der Waals surface area contributed by atoms with Crippen molar-refractivity contribution in [3.05, 3.63) is 38.7 Å². The van der Waals surface area contributed by atoms with E-state index in [9.17, 15) is 18.0 Å². The van der Waals surface area contributed by atoms with Gasteiger partial charge in [0.2, 0.25) is 5.91 Å². The number of sulfone groups is 1. The lowest BCUT2D eigenvalue weighted by Crippen LogP contribution is -2.39. The molecule has 146 valence electrons. The third kappa shape index (κ3) is 3.82. The maximum Gasteiger partial charge on any atom is 0.340 e. The monoisotopic (exact) mass is 413 g/mol. The number of methoxy groups -OCH3 is 1. The number of hydrogen-bond acceptors (Lipinski definition) is 6. The first-order valence-corrected chi connectivity index (χ1v) is 10.6. The Bertz CT molecular complexity index is 1080. The van der Waals surface area contributed by atoms with Crippen LogP contribution >= 0.6 is 11.6 Å². The van der Waals surface area contributed by atoms with Gasteiger partial charge in [-0.05, 0) is 25.0 Å². The number of carbonyl (C=O) groups is 1. The van der Waals surface area contributed by atoms with Crippen molar-refractivity contribution in [2.75, 3.05) is 25.7 Å². The molecule has 2 aromatic rings. The van der Waals surface area contributed by atoms with E-state index in [1.807, 2.05) is 0 Å². The van der Waals surface area contributed by atoms with E-state index in [1.165, 1.54) is 18.1 Å². The Labute approximate surface area is 161 Å². The summed E-state index contributed by atoms with van der Waals surface area (Å²) >= 11 is 6.16. The van der Waals surface area contributed by atoms with Gasteiger partial charge in [0.1, 0.15) is 11.3 Å². The molecule has 0 saturated carbocycles. The molecule has 0 bridgehead atoms. The van der Waals surface area contributed by atoms with Crippen molar-refractivity contribution in [1.82, 2.24) is 4.90 Å². The molecular formula is C18H20ClNO6S. The van der Waals surface area contributed by atoms with Gasteiger partial charge in [-0.1, -0.05) is 11.6 Å². The number of rotatable bonds is 4. The zero-order valence-corrected chi connectivity index (χ0v) is 16.8. The van der Waals surface area contributed by atoms with Crippen molar-refractivity contribution in [3.63, 3.8) is 0 Å². The smallest absolute Gasteiger partial charge is 0.340 e. The Morgan fingerprint density at radius 3 is 2.70 bits per heavy atom. The van der Waals surface area contributed by atoms with Gasteiger partial charge in [-0.15, -0.1) is 0 Å². The van der Waals surface area contributed by atoms with E-state index in [4.69, 9.17) is 20.8 Å². The van der Waals surface area contributed by atoms with E-state index in [-0.39, 0.29) is 35.4 Å². The summed E-state index contributed by atoms with van der Waals surface area (Å²) in [6.07, 6.45) is 0.242. The van der Waals surface area contributed by atoms with Crippen LogP contribution in [0.1, 0.15) is 17.5 Å². The van der Waals surface area contributed by atoms with Gasteiger partial charge in [-0.3, -0.25) is 4.79 Å². The molecule has 9 heteroatoms. The highest BCUT2D eigenvalue weighted by molar-refractivity contribution is 7.91.